The van der Waals surface area contributed by atoms with E-state index in [0.29, 0.717) is 23.3 Å². The number of aliphatic hydroxyl groups is 1. The Morgan fingerprint density at radius 2 is 1.32 bits per heavy atom. The topological polar surface area (TPSA) is 141 Å². The fraction of sp³-hybridized carbons (Fsp3) is 0.483. The number of rotatable bonds is 15. The molecule has 0 saturated carbocycles. The molecule has 0 atom stereocenters. The summed E-state index contributed by atoms with van der Waals surface area (Å²) >= 11 is 0. The summed E-state index contributed by atoms with van der Waals surface area (Å²) in [5.41, 5.74) is 0.302. The van der Waals surface area contributed by atoms with Gasteiger partial charge in [0.1, 0.15) is 28.2 Å². The van der Waals surface area contributed by atoms with Crippen molar-refractivity contribution in [2.24, 2.45) is 0 Å². The first-order valence-corrected chi connectivity index (χ1v) is 13.1. The van der Waals surface area contributed by atoms with Gasteiger partial charge in [-0.25, -0.2) is 0 Å². The van der Waals surface area contributed by atoms with Gasteiger partial charge in [0.2, 0.25) is 5.75 Å². The predicted octanol–water partition coefficient (Wildman–Crippen LogP) is 6.12. The van der Waals surface area contributed by atoms with Crippen LogP contribution in [-0.2, 0) is 6.42 Å². The minimum Gasteiger partial charge on any atom is -0.507 e. The van der Waals surface area contributed by atoms with Crippen molar-refractivity contribution < 1.29 is 34.7 Å². The molecule has 5 N–H and O–H groups in total. The molecule has 0 unspecified atom stereocenters. The van der Waals surface area contributed by atoms with E-state index >= 15 is 0 Å². The zero-order valence-electron chi connectivity index (χ0n) is 21.5. The van der Waals surface area contributed by atoms with E-state index in [1.54, 1.807) is 0 Å². The third kappa shape index (κ3) is 7.32. The van der Waals surface area contributed by atoms with E-state index in [0.717, 1.165) is 38.5 Å². The van der Waals surface area contributed by atoms with E-state index in [-0.39, 0.29) is 29.1 Å². The normalized spacial score (nSPS) is 11.3. The maximum Gasteiger partial charge on any atom is 0.200 e. The Balaban J connectivity index is 1.67. The highest BCUT2D eigenvalue weighted by molar-refractivity contribution is 5.86. The molecule has 0 spiro atoms. The van der Waals surface area contributed by atoms with E-state index in [9.17, 15) is 25.2 Å². The van der Waals surface area contributed by atoms with Crippen LogP contribution in [-0.4, -0.2) is 39.2 Å². The lowest BCUT2D eigenvalue weighted by molar-refractivity contribution is 0.282. The fourth-order valence-corrected chi connectivity index (χ4v) is 4.66. The average molecular weight is 515 g/mol. The molecule has 3 aromatic rings. The van der Waals surface area contributed by atoms with Gasteiger partial charge in [-0.3, -0.25) is 4.79 Å². The molecule has 0 aliphatic heterocycles. The summed E-state index contributed by atoms with van der Waals surface area (Å²) in [7, 11) is 1.43. The molecular formula is C29H38O8. The number of hydrogen-bond donors (Lipinski definition) is 5. The molecule has 1 aromatic heterocycles. The maximum absolute atomic E-state index is 12.8. The number of aromatic hydroxyl groups is 4. The van der Waals surface area contributed by atoms with Gasteiger partial charge in [-0.15, -0.1) is 0 Å². The van der Waals surface area contributed by atoms with Gasteiger partial charge >= 0.3 is 0 Å². The molecule has 0 amide bonds. The molecule has 8 nitrogen and oxygen atoms in total. The summed E-state index contributed by atoms with van der Waals surface area (Å²) in [5, 5.41) is 49.9. The number of benzene rings is 2. The van der Waals surface area contributed by atoms with Gasteiger partial charge in [-0.05, 0) is 25.3 Å². The van der Waals surface area contributed by atoms with Crippen LogP contribution >= 0.6 is 0 Å². The molecule has 2 aromatic carbocycles. The Morgan fingerprint density at radius 1 is 0.730 bits per heavy atom. The van der Waals surface area contributed by atoms with E-state index in [1.165, 1.54) is 63.5 Å². The number of ether oxygens (including phenoxy) is 1. The lowest BCUT2D eigenvalue weighted by atomic mass is 9.96. The molecule has 8 heteroatoms. The monoisotopic (exact) mass is 514 g/mol. The lowest BCUT2D eigenvalue weighted by Gasteiger charge is -2.14. The summed E-state index contributed by atoms with van der Waals surface area (Å²) in [5.74, 6) is -1.43. The van der Waals surface area contributed by atoms with Crippen molar-refractivity contribution in [2.45, 2.75) is 77.0 Å². The zero-order valence-corrected chi connectivity index (χ0v) is 21.5. The smallest absolute Gasteiger partial charge is 0.200 e. The number of fused-ring (bicyclic) bond motifs is 1. The molecule has 0 fully saturated rings. The van der Waals surface area contributed by atoms with Crippen molar-refractivity contribution in [3.63, 3.8) is 0 Å². The maximum atomic E-state index is 12.8. The van der Waals surface area contributed by atoms with Crippen molar-refractivity contribution in [2.75, 3.05) is 13.7 Å². The average Bonchev–Trinajstić information content (AvgIpc) is 2.88. The Morgan fingerprint density at radius 3 is 1.92 bits per heavy atom. The third-order valence-electron chi connectivity index (χ3n) is 6.73. The molecular weight excluding hydrogens is 476 g/mol. The van der Waals surface area contributed by atoms with Crippen LogP contribution in [0, 0.1) is 0 Å². The minimum absolute atomic E-state index is 0.00322. The lowest BCUT2D eigenvalue weighted by Crippen LogP contribution is -2.02. The van der Waals surface area contributed by atoms with E-state index in [1.807, 2.05) is 0 Å². The molecule has 37 heavy (non-hydrogen) atoms. The van der Waals surface area contributed by atoms with Gasteiger partial charge in [-0.1, -0.05) is 57.8 Å². The molecule has 0 saturated heterocycles. The van der Waals surface area contributed by atoms with E-state index in [2.05, 4.69) is 0 Å². The summed E-state index contributed by atoms with van der Waals surface area (Å²) in [6, 6.07) is 5.28. The van der Waals surface area contributed by atoms with Gasteiger partial charge in [0.05, 0.1) is 7.11 Å². The molecule has 3 rings (SSSR count). The van der Waals surface area contributed by atoms with Crippen molar-refractivity contribution >= 4 is 11.0 Å². The summed E-state index contributed by atoms with van der Waals surface area (Å²) in [6.07, 6.45) is 12.3. The van der Waals surface area contributed by atoms with Crippen molar-refractivity contribution in [1.29, 1.82) is 0 Å². The number of hydrogen-bond acceptors (Lipinski definition) is 8. The minimum atomic E-state index is -0.611. The fourth-order valence-electron chi connectivity index (χ4n) is 4.66. The molecule has 202 valence electrons. The SMILES string of the molecule is COc1cc(O)c2c(=O)cc(-c3cc(O)c(O)c(O)c3CCCCCCCCCCCCCO)oc2c1. The molecule has 1 heterocycles. The Bertz CT molecular complexity index is 1230. The van der Waals surface area contributed by atoms with Crippen LogP contribution < -0.4 is 10.2 Å². The second-order valence-corrected chi connectivity index (χ2v) is 9.48. The van der Waals surface area contributed by atoms with Crippen molar-refractivity contribution in [3.8, 4) is 40.1 Å². The predicted molar refractivity (Wildman–Crippen MR) is 143 cm³/mol. The van der Waals surface area contributed by atoms with Gasteiger partial charge in [0.15, 0.2) is 16.9 Å². The van der Waals surface area contributed by atoms with Crippen LogP contribution in [0.2, 0.25) is 0 Å². The van der Waals surface area contributed by atoms with Crippen LogP contribution in [0.5, 0.6) is 28.7 Å². The van der Waals surface area contributed by atoms with E-state index in [4.69, 9.17) is 14.3 Å². The number of aliphatic hydroxyl groups excluding tert-OH is 1. The quantitative estimate of drug-likeness (QED) is 0.121. The number of unbranched alkanes of at least 4 members (excludes halogenated alkanes) is 10. The Labute approximate surface area is 216 Å². The van der Waals surface area contributed by atoms with Crippen LogP contribution in [0.3, 0.4) is 0 Å². The second-order valence-electron chi connectivity index (χ2n) is 9.48. The first-order chi connectivity index (χ1) is 17.9. The summed E-state index contributed by atoms with van der Waals surface area (Å²) < 4.78 is 11.0. The summed E-state index contributed by atoms with van der Waals surface area (Å²) in [6.45, 7) is 0.277. The van der Waals surface area contributed by atoms with Gasteiger partial charge in [-0.2, -0.15) is 0 Å². The largest absolute Gasteiger partial charge is 0.507 e. The second kappa shape index (κ2) is 13.8. The van der Waals surface area contributed by atoms with E-state index < -0.39 is 22.7 Å². The third-order valence-corrected chi connectivity index (χ3v) is 6.73. The van der Waals surface area contributed by atoms with Crippen LogP contribution in [0.25, 0.3) is 22.3 Å². The number of phenols is 4. The molecule has 0 radical (unpaired) electrons. The zero-order chi connectivity index (χ0) is 26.8. The molecule has 0 aliphatic carbocycles. The highest BCUT2D eigenvalue weighted by Gasteiger charge is 2.21. The molecule has 0 aliphatic rings. The first-order valence-electron chi connectivity index (χ1n) is 13.1. The van der Waals surface area contributed by atoms with Gasteiger partial charge in [0.25, 0.3) is 0 Å². The highest BCUT2D eigenvalue weighted by Crippen LogP contribution is 2.44. The highest BCUT2D eigenvalue weighted by atomic mass is 16.5. The molecule has 0 bridgehead atoms. The van der Waals surface area contributed by atoms with Gasteiger partial charge < -0.3 is 34.7 Å². The van der Waals surface area contributed by atoms with Crippen LogP contribution in [0.1, 0.15) is 76.2 Å². The van der Waals surface area contributed by atoms with Crippen molar-refractivity contribution in [1.82, 2.24) is 0 Å². The van der Waals surface area contributed by atoms with Crippen molar-refractivity contribution in [3.05, 3.63) is 40.1 Å². The number of phenolic OH excluding ortho intramolecular Hbond substituents is 4. The number of methoxy groups -OCH3 is 1. The Kier molecular flexibility index (Phi) is 10.5. The standard InChI is InChI=1S/C29H38O8/c1-36-19-15-22(31)27-23(32)18-25(37-26(27)16-19)21-17-24(33)29(35)28(34)20(21)13-11-9-7-5-3-2-4-6-8-10-12-14-30/h15-18,30-31,33-35H,2-14H2,1H3. The van der Waals surface area contributed by atoms with Gasteiger partial charge in [0, 0.05) is 35.9 Å². The first kappa shape index (κ1) is 28.2. The summed E-state index contributed by atoms with van der Waals surface area (Å²) in [4.78, 5) is 12.8. The van der Waals surface area contributed by atoms with Crippen LogP contribution in [0.15, 0.2) is 33.5 Å². The Hall–Kier alpha value is -3.39. The van der Waals surface area contributed by atoms with Crippen LogP contribution in [0.4, 0.5) is 0 Å².